The fourth-order valence-corrected chi connectivity index (χ4v) is 2.06. The van der Waals surface area contributed by atoms with Gasteiger partial charge in [0.25, 0.3) is 5.91 Å². The quantitative estimate of drug-likeness (QED) is 0.771. The molecule has 0 saturated carbocycles. The van der Waals surface area contributed by atoms with Gasteiger partial charge in [-0.3, -0.25) is 15.1 Å². The molecule has 1 amide bonds. The predicted molar refractivity (Wildman–Crippen MR) is 75.0 cm³/mol. The number of amides is 1. The summed E-state index contributed by atoms with van der Waals surface area (Å²) in [4.78, 5) is 20.3. The lowest BCUT2D eigenvalue weighted by Crippen LogP contribution is -2.29. The Morgan fingerprint density at radius 3 is 3.20 bits per heavy atom. The summed E-state index contributed by atoms with van der Waals surface area (Å²) >= 11 is 0. The summed E-state index contributed by atoms with van der Waals surface area (Å²) in [5, 5.41) is 9.20. The molecule has 0 aliphatic carbocycles. The van der Waals surface area contributed by atoms with Crippen LogP contribution in [-0.2, 0) is 13.1 Å². The molecule has 0 fully saturated rings. The van der Waals surface area contributed by atoms with Crippen LogP contribution in [0.1, 0.15) is 21.6 Å². The molecule has 2 aromatic heterocycles. The molecule has 0 saturated heterocycles. The minimum absolute atomic E-state index is 0.178. The van der Waals surface area contributed by atoms with Crippen LogP contribution >= 0.6 is 0 Å². The van der Waals surface area contributed by atoms with Crippen molar-refractivity contribution >= 4 is 11.6 Å². The van der Waals surface area contributed by atoms with E-state index in [0.717, 1.165) is 30.0 Å². The fourth-order valence-electron chi connectivity index (χ4n) is 2.06. The molecule has 2 aromatic rings. The number of pyridine rings is 2. The third kappa shape index (κ3) is 2.75. The van der Waals surface area contributed by atoms with Crippen LogP contribution < -0.4 is 16.0 Å². The van der Waals surface area contributed by atoms with Gasteiger partial charge in [0.1, 0.15) is 5.69 Å². The second-order valence-corrected chi connectivity index (χ2v) is 4.55. The minimum atomic E-state index is -0.178. The molecule has 0 unspecified atom stereocenters. The summed E-state index contributed by atoms with van der Waals surface area (Å²) in [5.74, 6) is -0.178. The SMILES string of the molecule is O=C(NCc1cccnc1)c1cc2c(cn1)NCNC2. The van der Waals surface area contributed by atoms with Crippen LogP contribution in [0.15, 0.2) is 36.8 Å². The summed E-state index contributed by atoms with van der Waals surface area (Å²) in [6, 6.07) is 5.57. The molecule has 0 aromatic carbocycles. The van der Waals surface area contributed by atoms with Gasteiger partial charge in [-0.1, -0.05) is 6.07 Å². The number of hydrogen-bond acceptors (Lipinski definition) is 5. The number of aromatic nitrogens is 2. The Bertz CT molecular complexity index is 614. The zero-order valence-electron chi connectivity index (χ0n) is 10.9. The molecule has 0 radical (unpaired) electrons. The van der Waals surface area contributed by atoms with E-state index in [4.69, 9.17) is 0 Å². The molecule has 0 atom stereocenters. The Hall–Kier alpha value is -2.47. The van der Waals surface area contributed by atoms with Crippen molar-refractivity contribution in [1.82, 2.24) is 20.6 Å². The van der Waals surface area contributed by atoms with Gasteiger partial charge in [0.05, 0.1) is 18.6 Å². The first-order valence-electron chi connectivity index (χ1n) is 6.43. The molecule has 0 spiro atoms. The maximum absolute atomic E-state index is 12.1. The Labute approximate surface area is 116 Å². The van der Waals surface area contributed by atoms with Gasteiger partial charge in [-0.05, 0) is 23.3 Å². The van der Waals surface area contributed by atoms with E-state index in [2.05, 4.69) is 25.9 Å². The Balaban J connectivity index is 1.68. The van der Waals surface area contributed by atoms with Crippen molar-refractivity contribution in [2.24, 2.45) is 0 Å². The highest BCUT2D eigenvalue weighted by atomic mass is 16.1. The largest absolute Gasteiger partial charge is 0.371 e. The maximum atomic E-state index is 12.1. The van der Waals surface area contributed by atoms with Crippen molar-refractivity contribution in [3.63, 3.8) is 0 Å². The van der Waals surface area contributed by atoms with E-state index >= 15 is 0 Å². The minimum Gasteiger partial charge on any atom is -0.371 e. The smallest absolute Gasteiger partial charge is 0.270 e. The van der Waals surface area contributed by atoms with E-state index in [0.29, 0.717) is 12.2 Å². The summed E-state index contributed by atoms with van der Waals surface area (Å²) in [6.45, 7) is 1.91. The van der Waals surface area contributed by atoms with Gasteiger partial charge in [0.15, 0.2) is 0 Å². The van der Waals surface area contributed by atoms with E-state index in [1.807, 2.05) is 18.2 Å². The normalized spacial score (nSPS) is 13.2. The van der Waals surface area contributed by atoms with E-state index in [9.17, 15) is 4.79 Å². The molecule has 0 bridgehead atoms. The second-order valence-electron chi connectivity index (χ2n) is 4.55. The van der Waals surface area contributed by atoms with Crippen LogP contribution in [0.5, 0.6) is 0 Å². The van der Waals surface area contributed by atoms with Gasteiger partial charge >= 0.3 is 0 Å². The molecule has 3 heterocycles. The summed E-state index contributed by atoms with van der Waals surface area (Å²) in [6.07, 6.45) is 5.14. The van der Waals surface area contributed by atoms with Gasteiger partial charge in [0.2, 0.25) is 0 Å². The van der Waals surface area contributed by atoms with Crippen molar-refractivity contribution in [1.29, 1.82) is 0 Å². The van der Waals surface area contributed by atoms with Crippen LogP contribution in [-0.4, -0.2) is 22.5 Å². The molecule has 6 heteroatoms. The van der Waals surface area contributed by atoms with Crippen molar-refractivity contribution in [2.75, 3.05) is 12.0 Å². The number of fused-ring (bicyclic) bond motifs is 1. The molecule has 6 nitrogen and oxygen atoms in total. The van der Waals surface area contributed by atoms with Crippen molar-refractivity contribution < 1.29 is 4.79 Å². The lowest BCUT2D eigenvalue weighted by molar-refractivity contribution is 0.0946. The number of hydrogen-bond donors (Lipinski definition) is 3. The average Bonchev–Trinajstić information content (AvgIpc) is 2.53. The summed E-state index contributed by atoms with van der Waals surface area (Å²) in [5.41, 5.74) is 3.42. The first kappa shape index (κ1) is 12.6. The number of carbonyl (C=O) groups excluding carboxylic acids is 1. The van der Waals surface area contributed by atoms with E-state index in [-0.39, 0.29) is 5.91 Å². The van der Waals surface area contributed by atoms with Crippen molar-refractivity contribution in [2.45, 2.75) is 13.1 Å². The third-order valence-electron chi connectivity index (χ3n) is 3.12. The van der Waals surface area contributed by atoms with E-state index in [1.165, 1.54) is 0 Å². The van der Waals surface area contributed by atoms with E-state index < -0.39 is 0 Å². The Morgan fingerprint density at radius 1 is 1.40 bits per heavy atom. The molecule has 20 heavy (non-hydrogen) atoms. The molecule has 3 rings (SSSR count). The molecule has 3 N–H and O–H groups in total. The van der Waals surface area contributed by atoms with Gasteiger partial charge in [-0.15, -0.1) is 0 Å². The first-order chi connectivity index (χ1) is 9.83. The van der Waals surface area contributed by atoms with Gasteiger partial charge < -0.3 is 10.6 Å². The molecular formula is C14H15N5O. The van der Waals surface area contributed by atoms with Crippen LogP contribution in [0.4, 0.5) is 5.69 Å². The van der Waals surface area contributed by atoms with Crippen LogP contribution in [0.2, 0.25) is 0 Å². The van der Waals surface area contributed by atoms with Crippen molar-refractivity contribution in [3.8, 4) is 0 Å². The zero-order valence-corrected chi connectivity index (χ0v) is 10.9. The number of nitrogens with zero attached hydrogens (tertiary/aromatic N) is 2. The standard InChI is InChI=1S/C14H15N5O/c20-14(18-6-10-2-1-3-15-5-10)12-4-11-7-16-9-19-13(11)8-17-12/h1-5,8,16,19H,6-7,9H2,(H,18,20). The van der Waals surface area contributed by atoms with Gasteiger partial charge in [0, 0.05) is 25.5 Å². The molecule has 1 aliphatic rings. The molecular weight excluding hydrogens is 254 g/mol. The summed E-state index contributed by atoms with van der Waals surface area (Å²) < 4.78 is 0. The monoisotopic (exact) mass is 269 g/mol. The molecule has 102 valence electrons. The van der Waals surface area contributed by atoms with Gasteiger partial charge in [-0.25, -0.2) is 4.98 Å². The van der Waals surface area contributed by atoms with Gasteiger partial charge in [-0.2, -0.15) is 0 Å². The number of nitrogens with one attached hydrogen (secondary N) is 3. The number of anilines is 1. The maximum Gasteiger partial charge on any atom is 0.270 e. The number of carbonyl (C=O) groups is 1. The Morgan fingerprint density at radius 2 is 2.35 bits per heavy atom. The van der Waals surface area contributed by atoms with Crippen LogP contribution in [0, 0.1) is 0 Å². The lowest BCUT2D eigenvalue weighted by atomic mass is 10.1. The first-order valence-corrected chi connectivity index (χ1v) is 6.43. The summed E-state index contributed by atoms with van der Waals surface area (Å²) in [7, 11) is 0. The second kappa shape index (κ2) is 5.66. The molecule has 1 aliphatic heterocycles. The highest BCUT2D eigenvalue weighted by molar-refractivity contribution is 5.92. The average molecular weight is 269 g/mol. The highest BCUT2D eigenvalue weighted by Gasteiger charge is 2.13. The van der Waals surface area contributed by atoms with Crippen LogP contribution in [0.25, 0.3) is 0 Å². The van der Waals surface area contributed by atoms with Crippen LogP contribution in [0.3, 0.4) is 0 Å². The Kier molecular flexibility index (Phi) is 3.56. The topological polar surface area (TPSA) is 78.9 Å². The zero-order chi connectivity index (χ0) is 13.8. The lowest BCUT2D eigenvalue weighted by Gasteiger charge is -2.19. The third-order valence-corrected chi connectivity index (χ3v) is 3.12. The fraction of sp³-hybridized carbons (Fsp3) is 0.214. The van der Waals surface area contributed by atoms with Crippen molar-refractivity contribution in [3.05, 3.63) is 53.6 Å². The number of rotatable bonds is 3. The predicted octanol–water partition coefficient (Wildman–Crippen LogP) is 0.879. The highest BCUT2D eigenvalue weighted by Crippen LogP contribution is 2.17. The van der Waals surface area contributed by atoms with E-state index in [1.54, 1.807) is 18.6 Å².